The Balaban J connectivity index is 2.28. The molecule has 1 aliphatic rings. The van der Waals surface area contributed by atoms with Crippen LogP contribution in [0.2, 0.25) is 0 Å². The van der Waals surface area contributed by atoms with Gasteiger partial charge in [-0.15, -0.1) is 11.3 Å². The minimum Gasteiger partial charge on any atom is -0.481 e. The van der Waals surface area contributed by atoms with Crippen LogP contribution in [-0.2, 0) is 11.2 Å². The van der Waals surface area contributed by atoms with Crippen LogP contribution in [0.5, 0.6) is 0 Å². The van der Waals surface area contributed by atoms with Crippen LogP contribution in [0, 0.1) is 0 Å². The number of aromatic nitrogens is 1. The summed E-state index contributed by atoms with van der Waals surface area (Å²) in [5.74, 6) is -0.497. The zero-order chi connectivity index (χ0) is 14.0. The van der Waals surface area contributed by atoms with Crippen molar-refractivity contribution in [3.05, 3.63) is 10.6 Å². The number of hydrogen-bond donors (Lipinski definition) is 1. The van der Waals surface area contributed by atoms with E-state index in [0.717, 1.165) is 22.2 Å². The van der Waals surface area contributed by atoms with Gasteiger partial charge >= 0.3 is 5.97 Å². The Labute approximate surface area is 118 Å². The van der Waals surface area contributed by atoms with Crippen molar-refractivity contribution in [2.45, 2.75) is 58.4 Å². The fourth-order valence-corrected chi connectivity index (χ4v) is 3.91. The van der Waals surface area contributed by atoms with Gasteiger partial charge in [0.1, 0.15) is 0 Å². The molecule has 0 saturated carbocycles. The first kappa shape index (κ1) is 14.3. The Hall–Kier alpha value is -1.10. The average Bonchev–Trinajstić information content (AvgIpc) is 2.72. The van der Waals surface area contributed by atoms with E-state index in [2.05, 4.69) is 25.7 Å². The lowest BCUT2D eigenvalue weighted by molar-refractivity contribution is -0.136. The van der Waals surface area contributed by atoms with Crippen molar-refractivity contribution in [1.29, 1.82) is 0 Å². The lowest BCUT2D eigenvalue weighted by Crippen LogP contribution is -2.37. The first-order valence-corrected chi connectivity index (χ1v) is 7.78. The Morgan fingerprint density at radius 3 is 2.84 bits per heavy atom. The summed E-state index contributed by atoms with van der Waals surface area (Å²) in [5.41, 5.74) is 0.958. The second-order valence-electron chi connectivity index (χ2n) is 5.57. The second-order valence-corrected chi connectivity index (χ2v) is 6.63. The van der Waals surface area contributed by atoms with Crippen molar-refractivity contribution < 1.29 is 9.90 Å². The van der Waals surface area contributed by atoms with Crippen molar-refractivity contribution in [2.75, 3.05) is 11.4 Å². The molecule has 106 valence electrons. The molecule has 19 heavy (non-hydrogen) atoms. The van der Waals surface area contributed by atoms with Gasteiger partial charge in [-0.05, 0) is 32.1 Å². The van der Waals surface area contributed by atoms with Crippen LogP contribution in [0.25, 0.3) is 0 Å². The quantitative estimate of drug-likeness (QED) is 0.921. The molecule has 0 spiro atoms. The predicted molar refractivity (Wildman–Crippen MR) is 78.2 cm³/mol. The molecule has 1 fully saturated rings. The van der Waals surface area contributed by atoms with Crippen molar-refractivity contribution in [3.63, 3.8) is 0 Å². The third-order valence-corrected chi connectivity index (χ3v) is 4.73. The molecule has 1 N–H and O–H groups in total. The van der Waals surface area contributed by atoms with Crippen molar-refractivity contribution >= 4 is 22.4 Å². The highest BCUT2D eigenvalue weighted by Gasteiger charge is 2.24. The monoisotopic (exact) mass is 282 g/mol. The number of anilines is 1. The summed E-state index contributed by atoms with van der Waals surface area (Å²) < 4.78 is 0. The molecule has 1 aliphatic heterocycles. The summed E-state index contributed by atoms with van der Waals surface area (Å²) in [6.07, 6.45) is 3.77. The molecule has 0 radical (unpaired) electrons. The van der Waals surface area contributed by atoms with E-state index in [1.54, 1.807) is 11.3 Å². The van der Waals surface area contributed by atoms with E-state index in [9.17, 15) is 4.79 Å². The molecule has 2 heterocycles. The van der Waals surface area contributed by atoms with Gasteiger partial charge in [0.2, 0.25) is 0 Å². The van der Waals surface area contributed by atoms with Gasteiger partial charge in [0.15, 0.2) is 5.13 Å². The molecule has 4 nitrogen and oxygen atoms in total. The average molecular weight is 282 g/mol. The fraction of sp³-hybridized carbons (Fsp3) is 0.714. The van der Waals surface area contributed by atoms with Gasteiger partial charge in [-0.2, -0.15) is 0 Å². The van der Waals surface area contributed by atoms with E-state index in [4.69, 9.17) is 10.1 Å². The van der Waals surface area contributed by atoms with E-state index in [1.165, 1.54) is 19.3 Å². The van der Waals surface area contributed by atoms with E-state index >= 15 is 0 Å². The van der Waals surface area contributed by atoms with Crippen LogP contribution in [0.4, 0.5) is 5.13 Å². The Kier molecular flexibility index (Phi) is 4.45. The van der Waals surface area contributed by atoms with E-state index in [-0.39, 0.29) is 12.3 Å². The highest BCUT2D eigenvalue weighted by molar-refractivity contribution is 7.15. The minimum absolute atomic E-state index is 0.0907. The first-order chi connectivity index (χ1) is 8.99. The van der Waals surface area contributed by atoms with Gasteiger partial charge < -0.3 is 10.0 Å². The molecule has 1 aromatic rings. The highest BCUT2D eigenvalue weighted by Crippen LogP contribution is 2.34. The van der Waals surface area contributed by atoms with Crippen molar-refractivity contribution in [2.24, 2.45) is 0 Å². The first-order valence-electron chi connectivity index (χ1n) is 6.97. The molecule has 1 atom stereocenters. The van der Waals surface area contributed by atoms with Crippen LogP contribution in [0.15, 0.2) is 0 Å². The minimum atomic E-state index is -0.774. The zero-order valence-corrected chi connectivity index (χ0v) is 12.7. The lowest BCUT2D eigenvalue weighted by Gasteiger charge is -2.33. The van der Waals surface area contributed by atoms with Crippen LogP contribution in [0.3, 0.4) is 0 Å². The number of carbonyl (C=O) groups is 1. The summed E-state index contributed by atoms with van der Waals surface area (Å²) >= 11 is 1.56. The van der Waals surface area contributed by atoms with Gasteiger partial charge in [-0.3, -0.25) is 4.79 Å². The predicted octanol–water partition coefficient (Wildman–Crippen LogP) is 3.27. The van der Waals surface area contributed by atoms with Crippen LogP contribution in [0.1, 0.15) is 56.5 Å². The molecule has 0 bridgehead atoms. The fourth-order valence-electron chi connectivity index (χ4n) is 2.57. The molecule has 1 unspecified atom stereocenters. The molecular weight excluding hydrogens is 260 g/mol. The number of carboxylic acids is 1. The van der Waals surface area contributed by atoms with E-state index in [0.29, 0.717) is 6.04 Å². The standard InChI is InChI=1S/C14H22N2O2S/c1-9(2)13-11(8-12(17)18)19-14(15-13)16-7-5-4-6-10(16)3/h9-10H,4-8H2,1-3H3,(H,17,18). The largest absolute Gasteiger partial charge is 0.481 e. The molecule has 1 aromatic heterocycles. The number of thiazole rings is 1. The number of rotatable bonds is 4. The van der Waals surface area contributed by atoms with Gasteiger partial charge in [0, 0.05) is 17.5 Å². The van der Waals surface area contributed by atoms with Crippen LogP contribution < -0.4 is 4.90 Å². The molecule has 0 aliphatic carbocycles. The molecular formula is C14H22N2O2S. The summed E-state index contributed by atoms with van der Waals surface area (Å²) in [5, 5.41) is 10.0. The van der Waals surface area contributed by atoms with Crippen LogP contribution >= 0.6 is 11.3 Å². The molecule has 2 rings (SSSR count). The smallest absolute Gasteiger partial charge is 0.308 e. The van der Waals surface area contributed by atoms with E-state index in [1.807, 2.05) is 0 Å². The maximum absolute atomic E-state index is 11.0. The highest BCUT2D eigenvalue weighted by atomic mass is 32.1. The summed E-state index contributed by atoms with van der Waals surface area (Å²) in [6, 6.07) is 0.512. The Morgan fingerprint density at radius 1 is 1.53 bits per heavy atom. The molecule has 0 aromatic carbocycles. The van der Waals surface area contributed by atoms with Crippen LogP contribution in [-0.4, -0.2) is 28.6 Å². The number of piperidine rings is 1. The SMILES string of the molecule is CC(C)c1nc(N2CCCCC2C)sc1CC(=O)O. The topological polar surface area (TPSA) is 53.4 Å². The third kappa shape index (κ3) is 3.26. The lowest BCUT2D eigenvalue weighted by atomic mass is 10.0. The normalized spacial score (nSPS) is 20.0. The Morgan fingerprint density at radius 2 is 2.26 bits per heavy atom. The number of carboxylic acid groups (broad SMARTS) is 1. The van der Waals surface area contributed by atoms with Crippen molar-refractivity contribution in [3.8, 4) is 0 Å². The third-order valence-electron chi connectivity index (χ3n) is 3.62. The van der Waals surface area contributed by atoms with Crippen molar-refractivity contribution in [1.82, 2.24) is 4.98 Å². The summed E-state index contributed by atoms with van der Waals surface area (Å²) in [7, 11) is 0. The summed E-state index contributed by atoms with van der Waals surface area (Å²) in [6.45, 7) is 7.42. The number of nitrogens with zero attached hydrogens (tertiary/aromatic N) is 2. The molecule has 1 saturated heterocycles. The Bertz CT molecular complexity index is 456. The molecule has 5 heteroatoms. The summed E-state index contributed by atoms with van der Waals surface area (Å²) in [4.78, 5) is 18.9. The van der Waals surface area contributed by atoms with Gasteiger partial charge in [-0.1, -0.05) is 13.8 Å². The maximum Gasteiger partial charge on any atom is 0.308 e. The number of hydrogen-bond acceptors (Lipinski definition) is 4. The zero-order valence-electron chi connectivity index (χ0n) is 11.8. The maximum atomic E-state index is 11.0. The van der Waals surface area contributed by atoms with Gasteiger partial charge in [0.05, 0.1) is 12.1 Å². The number of aliphatic carboxylic acids is 1. The van der Waals surface area contributed by atoms with E-state index < -0.39 is 5.97 Å². The second kappa shape index (κ2) is 5.90. The van der Waals surface area contributed by atoms with Gasteiger partial charge in [-0.25, -0.2) is 4.98 Å². The molecule has 0 amide bonds. The van der Waals surface area contributed by atoms with Gasteiger partial charge in [0.25, 0.3) is 0 Å².